The molecule has 0 aliphatic rings. The van der Waals surface area contributed by atoms with Gasteiger partial charge in [0.1, 0.15) is 0 Å². The Labute approximate surface area is 58.1 Å². The van der Waals surface area contributed by atoms with Crippen LogP contribution in [-0.4, -0.2) is 11.2 Å². The largest absolute Gasteiger partial charge is 0.393 e. The van der Waals surface area contributed by atoms with E-state index >= 15 is 0 Å². The third-order valence-electron chi connectivity index (χ3n) is 1.84. The Hall–Kier alpha value is -0.0400. The van der Waals surface area contributed by atoms with Gasteiger partial charge >= 0.3 is 0 Å². The molecule has 0 spiro atoms. The van der Waals surface area contributed by atoms with Crippen LogP contribution >= 0.6 is 0 Å². The van der Waals surface area contributed by atoms with E-state index in [9.17, 15) is 0 Å². The maximum atomic E-state index is 9.16. The second kappa shape index (κ2) is 4.80. The lowest BCUT2D eigenvalue weighted by molar-refractivity contribution is 0.140. The molecule has 0 saturated carbocycles. The topological polar surface area (TPSA) is 20.2 Å². The highest BCUT2D eigenvalue weighted by Crippen LogP contribution is 2.10. The third-order valence-corrected chi connectivity index (χ3v) is 1.84. The van der Waals surface area contributed by atoms with E-state index in [1.807, 2.05) is 6.92 Å². The molecule has 2 atom stereocenters. The smallest absolute Gasteiger partial charge is 0.0540 e. The lowest BCUT2D eigenvalue weighted by atomic mass is 10.00. The van der Waals surface area contributed by atoms with E-state index < -0.39 is 0 Å². The number of hydrogen-bond acceptors (Lipinski definition) is 1. The van der Waals surface area contributed by atoms with Gasteiger partial charge in [0.05, 0.1) is 6.10 Å². The van der Waals surface area contributed by atoms with Gasteiger partial charge in [-0.05, 0) is 18.8 Å². The average molecular weight is 130 g/mol. The minimum Gasteiger partial charge on any atom is -0.393 e. The molecule has 0 aromatic rings. The molecule has 0 bridgehead atoms. The van der Waals surface area contributed by atoms with Crippen LogP contribution in [0.4, 0.5) is 0 Å². The second-order valence-electron chi connectivity index (χ2n) is 2.81. The molecule has 0 unspecified atom stereocenters. The zero-order valence-corrected chi connectivity index (χ0v) is 6.72. The molecule has 0 saturated heterocycles. The van der Waals surface area contributed by atoms with E-state index in [1.54, 1.807) is 0 Å². The van der Waals surface area contributed by atoms with Gasteiger partial charge in [0.15, 0.2) is 0 Å². The van der Waals surface area contributed by atoms with Crippen LogP contribution in [-0.2, 0) is 0 Å². The van der Waals surface area contributed by atoms with Crippen molar-refractivity contribution in [1.29, 1.82) is 0 Å². The molecule has 0 aromatic carbocycles. The maximum Gasteiger partial charge on any atom is 0.0540 e. The molecule has 1 N–H and O–H groups in total. The van der Waals surface area contributed by atoms with Gasteiger partial charge in [-0.2, -0.15) is 0 Å². The fourth-order valence-corrected chi connectivity index (χ4v) is 0.798. The van der Waals surface area contributed by atoms with E-state index in [2.05, 4.69) is 13.8 Å². The lowest BCUT2D eigenvalue weighted by Crippen LogP contribution is -2.09. The minimum absolute atomic E-state index is 0.0695. The fourth-order valence-electron chi connectivity index (χ4n) is 0.798. The second-order valence-corrected chi connectivity index (χ2v) is 2.81. The van der Waals surface area contributed by atoms with Crippen molar-refractivity contribution in [3.05, 3.63) is 0 Å². The lowest BCUT2D eigenvalue weighted by Gasteiger charge is -2.11. The van der Waals surface area contributed by atoms with Gasteiger partial charge in [-0.25, -0.2) is 0 Å². The first-order valence-corrected chi connectivity index (χ1v) is 3.88. The first-order valence-electron chi connectivity index (χ1n) is 3.88. The summed E-state index contributed by atoms with van der Waals surface area (Å²) in [5.74, 6) is 0.681. The highest BCUT2D eigenvalue weighted by Gasteiger charge is 2.04. The Kier molecular flexibility index (Phi) is 4.78. The Morgan fingerprint density at radius 3 is 2.11 bits per heavy atom. The first kappa shape index (κ1) is 8.96. The number of rotatable bonds is 4. The maximum absolute atomic E-state index is 9.16. The van der Waals surface area contributed by atoms with Crippen molar-refractivity contribution in [2.75, 3.05) is 0 Å². The third kappa shape index (κ3) is 4.46. The average Bonchev–Trinajstić information content (AvgIpc) is 1.87. The molecule has 0 aliphatic carbocycles. The van der Waals surface area contributed by atoms with Crippen molar-refractivity contribution in [3.63, 3.8) is 0 Å². The van der Waals surface area contributed by atoms with E-state index in [0.29, 0.717) is 5.92 Å². The Morgan fingerprint density at radius 1 is 1.22 bits per heavy atom. The molecule has 0 aromatic heterocycles. The van der Waals surface area contributed by atoms with Crippen molar-refractivity contribution < 1.29 is 5.11 Å². The highest BCUT2D eigenvalue weighted by molar-refractivity contribution is 4.57. The fraction of sp³-hybridized carbons (Fsp3) is 1.00. The summed E-state index contributed by atoms with van der Waals surface area (Å²) in [4.78, 5) is 0. The number of hydrogen-bond donors (Lipinski definition) is 1. The predicted octanol–water partition coefficient (Wildman–Crippen LogP) is 2.19. The van der Waals surface area contributed by atoms with Crippen LogP contribution in [0.3, 0.4) is 0 Å². The summed E-state index contributed by atoms with van der Waals surface area (Å²) >= 11 is 0. The van der Waals surface area contributed by atoms with Gasteiger partial charge in [0, 0.05) is 0 Å². The van der Waals surface area contributed by atoms with E-state index in [4.69, 9.17) is 5.11 Å². The Morgan fingerprint density at radius 2 is 1.78 bits per heavy atom. The molecule has 1 heteroatoms. The zero-order chi connectivity index (χ0) is 7.28. The van der Waals surface area contributed by atoms with Gasteiger partial charge in [0.2, 0.25) is 0 Å². The summed E-state index contributed by atoms with van der Waals surface area (Å²) in [7, 11) is 0. The molecule has 0 fully saturated rings. The zero-order valence-electron chi connectivity index (χ0n) is 6.72. The van der Waals surface area contributed by atoms with Gasteiger partial charge in [-0.3, -0.25) is 0 Å². The summed E-state index contributed by atoms with van der Waals surface area (Å²) in [6.07, 6.45) is 2.97. The molecule has 1 nitrogen and oxygen atoms in total. The van der Waals surface area contributed by atoms with Crippen LogP contribution < -0.4 is 0 Å². The molecule has 0 aliphatic heterocycles. The van der Waals surface area contributed by atoms with Gasteiger partial charge in [-0.15, -0.1) is 0 Å². The predicted molar refractivity (Wildman–Crippen MR) is 40.4 cm³/mol. The molecule has 56 valence electrons. The van der Waals surface area contributed by atoms with Gasteiger partial charge < -0.3 is 5.11 Å². The van der Waals surface area contributed by atoms with Crippen LogP contribution in [0.5, 0.6) is 0 Å². The van der Waals surface area contributed by atoms with Crippen LogP contribution in [0.15, 0.2) is 0 Å². The highest BCUT2D eigenvalue weighted by atomic mass is 16.3. The summed E-state index contributed by atoms with van der Waals surface area (Å²) in [5.41, 5.74) is 0. The van der Waals surface area contributed by atoms with Crippen molar-refractivity contribution in [1.82, 2.24) is 0 Å². The van der Waals surface area contributed by atoms with Crippen LogP contribution in [0.25, 0.3) is 0 Å². The van der Waals surface area contributed by atoms with Gasteiger partial charge in [-0.1, -0.05) is 27.2 Å². The monoisotopic (exact) mass is 130 g/mol. The molecule has 0 amide bonds. The molecular formula is C8H18O. The quantitative estimate of drug-likeness (QED) is 0.618. The van der Waals surface area contributed by atoms with Crippen molar-refractivity contribution >= 4 is 0 Å². The summed E-state index contributed by atoms with van der Waals surface area (Å²) < 4.78 is 0. The number of aliphatic hydroxyl groups excluding tert-OH is 1. The Bertz CT molecular complexity index is 53.6. The molecule has 9 heavy (non-hydrogen) atoms. The SMILES string of the molecule is CC[C@H](C)C[C@H](O)CC. The normalized spacial score (nSPS) is 17.3. The van der Waals surface area contributed by atoms with E-state index in [0.717, 1.165) is 12.8 Å². The van der Waals surface area contributed by atoms with Crippen molar-refractivity contribution in [3.8, 4) is 0 Å². The summed E-state index contributed by atoms with van der Waals surface area (Å²) in [6, 6.07) is 0. The summed E-state index contributed by atoms with van der Waals surface area (Å²) in [5, 5.41) is 9.16. The Balaban J connectivity index is 3.22. The molecule has 0 rings (SSSR count). The van der Waals surface area contributed by atoms with Crippen molar-refractivity contribution in [2.24, 2.45) is 5.92 Å². The van der Waals surface area contributed by atoms with Gasteiger partial charge in [0.25, 0.3) is 0 Å². The van der Waals surface area contributed by atoms with Crippen LogP contribution in [0.1, 0.15) is 40.0 Å². The minimum atomic E-state index is -0.0695. The first-order chi connectivity index (χ1) is 4.20. The van der Waals surface area contributed by atoms with Crippen LogP contribution in [0, 0.1) is 5.92 Å². The molecule has 0 radical (unpaired) electrons. The standard InChI is InChI=1S/C8H18O/c1-4-7(3)6-8(9)5-2/h7-9H,4-6H2,1-3H3/t7-,8+/m0/s1. The number of aliphatic hydroxyl groups is 1. The van der Waals surface area contributed by atoms with E-state index in [-0.39, 0.29) is 6.10 Å². The molecule has 0 heterocycles. The van der Waals surface area contributed by atoms with Crippen molar-refractivity contribution in [2.45, 2.75) is 46.1 Å². The molecular weight excluding hydrogens is 112 g/mol. The summed E-state index contributed by atoms with van der Waals surface area (Å²) in [6.45, 7) is 6.36. The van der Waals surface area contributed by atoms with Crippen LogP contribution in [0.2, 0.25) is 0 Å². The van der Waals surface area contributed by atoms with E-state index in [1.165, 1.54) is 6.42 Å².